The zero-order chi connectivity index (χ0) is 15.7. The number of benzene rings is 1. The van der Waals surface area contributed by atoms with E-state index in [1.807, 2.05) is 0 Å². The van der Waals surface area contributed by atoms with Crippen molar-refractivity contribution >= 4 is 48.8 Å². The van der Waals surface area contributed by atoms with Gasteiger partial charge in [0.15, 0.2) is 0 Å². The molecule has 0 radical (unpaired) electrons. The topological polar surface area (TPSA) is 54.5 Å². The van der Waals surface area contributed by atoms with Gasteiger partial charge in [-0.05, 0) is 12.1 Å². The first-order chi connectivity index (χ1) is 9.05. The van der Waals surface area contributed by atoms with E-state index in [9.17, 15) is 22.0 Å². The smallest absolute Gasteiger partial charge is 0.262 e. The zero-order valence-electron chi connectivity index (χ0n) is 9.91. The third-order valence-electron chi connectivity index (χ3n) is 2.29. The molecule has 0 atom stereocenters. The normalized spacial score (nSPS) is 11.8. The Balaban J connectivity index is 3.35. The predicted octanol–water partition coefficient (Wildman–Crippen LogP) is 3.26. The molecular formula is C10H8Cl3F2NO3S. The van der Waals surface area contributed by atoms with Crippen LogP contribution in [0.3, 0.4) is 0 Å². The molecule has 1 amide bonds. The van der Waals surface area contributed by atoms with Crippen LogP contribution in [0.2, 0.25) is 10.0 Å². The van der Waals surface area contributed by atoms with E-state index in [0.29, 0.717) is 4.90 Å². The molecule has 0 aromatic heterocycles. The Hall–Kier alpha value is -0.630. The molecule has 112 valence electrons. The van der Waals surface area contributed by atoms with Gasteiger partial charge in [0.1, 0.15) is 4.90 Å². The maximum absolute atomic E-state index is 12.3. The minimum Gasteiger partial charge on any atom is -0.336 e. The Morgan fingerprint density at radius 1 is 1.35 bits per heavy atom. The summed E-state index contributed by atoms with van der Waals surface area (Å²) in [6, 6.07) is 2.13. The van der Waals surface area contributed by atoms with Crippen molar-refractivity contribution in [2.45, 2.75) is 11.3 Å². The van der Waals surface area contributed by atoms with Gasteiger partial charge in [-0.25, -0.2) is 17.2 Å². The molecule has 1 rings (SSSR count). The van der Waals surface area contributed by atoms with Gasteiger partial charge >= 0.3 is 0 Å². The molecule has 1 aromatic rings. The molecule has 1 aromatic carbocycles. The van der Waals surface area contributed by atoms with Crippen molar-refractivity contribution in [2.24, 2.45) is 0 Å². The fourth-order valence-corrected chi connectivity index (χ4v) is 3.29. The summed E-state index contributed by atoms with van der Waals surface area (Å²) in [6.07, 6.45) is -2.75. The Labute approximate surface area is 128 Å². The molecule has 0 saturated carbocycles. The van der Waals surface area contributed by atoms with Gasteiger partial charge in [0.2, 0.25) is 0 Å². The first kappa shape index (κ1) is 17.4. The van der Waals surface area contributed by atoms with Crippen LogP contribution in [-0.2, 0) is 9.05 Å². The Bertz CT molecular complexity index is 637. The fourth-order valence-electron chi connectivity index (χ4n) is 1.40. The van der Waals surface area contributed by atoms with Gasteiger partial charge < -0.3 is 4.90 Å². The van der Waals surface area contributed by atoms with Crippen molar-refractivity contribution in [2.75, 3.05) is 13.6 Å². The number of hydrogen-bond donors (Lipinski definition) is 0. The van der Waals surface area contributed by atoms with E-state index in [4.69, 9.17) is 33.9 Å². The molecular weight excluding hydrogens is 359 g/mol. The third-order valence-corrected chi connectivity index (χ3v) is 4.47. The summed E-state index contributed by atoms with van der Waals surface area (Å²) in [7, 11) is 2.08. The van der Waals surface area contributed by atoms with Crippen LogP contribution in [0.1, 0.15) is 10.4 Å². The molecule has 0 aliphatic carbocycles. The van der Waals surface area contributed by atoms with E-state index in [1.165, 1.54) is 0 Å². The number of rotatable bonds is 4. The van der Waals surface area contributed by atoms with E-state index in [2.05, 4.69) is 0 Å². The highest BCUT2D eigenvalue weighted by molar-refractivity contribution is 8.13. The predicted molar refractivity (Wildman–Crippen MR) is 72.5 cm³/mol. The second-order valence-corrected chi connectivity index (χ2v) is 7.07. The standard InChI is InChI=1S/C10H8Cl3F2NO3S/c1-16(4-7(14)15)10(17)8-5(11)2-3-6(9(8)12)20(13,18)19/h2-3,7H,4H2,1H3. The molecule has 0 saturated heterocycles. The largest absolute Gasteiger partial charge is 0.336 e. The van der Waals surface area contributed by atoms with Crippen molar-refractivity contribution in [1.82, 2.24) is 4.90 Å². The molecule has 0 bridgehead atoms. The lowest BCUT2D eigenvalue weighted by Crippen LogP contribution is -2.31. The van der Waals surface area contributed by atoms with Crippen molar-refractivity contribution in [3.05, 3.63) is 27.7 Å². The lowest BCUT2D eigenvalue weighted by molar-refractivity contribution is 0.0620. The van der Waals surface area contributed by atoms with Gasteiger partial charge in [-0.2, -0.15) is 0 Å². The van der Waals surface area contributed by atoms with Crippen LogP contribution >= 0.6 is 33.9 Å². The van der Waals surface area contributed by atoms with Crippen LogP contribution in [0.25, 0.3) is 0 Å². The van der Waals surface area contributed by atoms with Gasteiger partial charge in [-0.3, -0.25) is 4.79 Å². The van der Waals surface area contributed by atoms with Gasteiger partial charge in [0.05, 0.1) is 22.2 Å². The third kappa shape index (κ3) is 3.94. The summed E-state index contributed by atoms with van der Waals surface area (Å²) >= 11 is 11.6. The Kier molecular flexibility index (Phi) is 5.60. The van der Waals surface area contributed by atoms with Crippen LogP contribution in [0.4, 0.5) is 8.78 Å². The van der Waals surface area contributed by atoms with Gasteiger partial charge in [0, 0.05) is 17.7 Å². The summed E-state index contributed by atoms with van der Waals surface area (Å²) in [5.41, 5.74) is -0.391. The number of nitrogens with zero attached hydrogens (tertiary/aromatic N) is 1. The first-order valence-corrected chi connectivity index (χ1v) is 8.08. The zero-order valence-corrected chi connectivity index (χ0v) is 13.0. The highest BCUT2D eigenvalue weighted by Gasteiger charge is 2.26. The molecule has 0 aliphatic heterocycles. The van der Waals surface area contributed by atoms with Crippen LogP contribution in [0, 0.1) is 0 Å². The minimum atomic E-state index is -4.19. The first-order valence-electron chi connectivity index (χ1n) is 5.02. The second kappa shape index (κ2) is 6.43. The van der Waals surface area contributed by atoms with E-state index in [-0.39, 0.29) is 5.02 Å². The van der Waals surface area contributed by atoms with Crippen molar-refractivity contribution in [3.63, 3.8) is 0 Å². The average molecular weight is 367 g/mol. The molecule has 0 heterocycles. The van der Waals surface area contributed by atoms with E-state index in [0.717, 1.165) is 19.2 Å². The molecule has 0 fully saturated rings. The quantitative estimate of drug-likeness (QED) is 0.769. The fraction of sp³-hybridized carbons (Fsp3) is 0.300. The van der Waals surface area contributed by atoms with Gasteiger partial charge in [0.25, 0.3) is 21.4 Å². The van der Waals surface area contributed by atoms with Crippen LogP contribution in [0.5, 0.6) is 0 Å². The molecule has 20 heavy (non-hydrogen) atoms. The van der Waals surface area contributed by atoms with E-state index < -0.39 is 43.4 Å². The van der Waals surface area contributed by atoms with Crippen LogP contribution in [0.15, 0.2) is 17.0 Å². The van der Waals surface area contributed by atoms with Crippen LogP contribution in [-0.4, -0.2) is 39.2 Å². The monoisotopic (exact) mass is 365 g/mol. The van der Waals surface area contributed by atoms with Gasteiger partial charge in [-0.1, -0.05) is 23.2 Å². The summed E-state index contributed by atoms with van der Waals surface area (Å²) in [5, 5.41) is -0.663. The van der Waals surface area contributed by atoms with Crippen LogP contribution < -0.4 is 0 Å². The lowest BCUT2D eigenvalue weighted by Gasteiger charge is -2.18. The molecule has 10 heteroatoms. The lowest BCUT2D eigenvalue weighted by atomic mass is 10.2. The number of hydrogen-bond acceptors (Lipinski definition) is 3. The molecule has 0 aliphatic rings. The maximum Gasteiger partial charge on any atom is 0.262 e. The molecule has 4 nitrogen and oxygen atoms in total. The van der Waals surface area contributed by atoms with E-state index >= 15 is 0 Å². The SMILES string of the molecule is CN(CC(F)F)C(=O)c1c(Cl)ccc(S(=O)(=O)Cl)c1Cl. The summed E-state index contributed by atoms with van der Waals surface area (Å²) < 4.78 is 47.1. The van der Waals surface area contributed by atoms with E-state index in [1.54, 1.807) is 0 Å². The molecule has 0 spiro atoms. The summed E-state index contributed by atoms with van der Waals surface area (Å²) in [5.74, 6) is -0.928. The van der Waals surface area contributed by atoms with Crippen molar-refractivity contribution < 1.29 is 22.0 Å². The molecule has 0 N–H and O–H groups in total. The highest BCUT2D eigenvalue weighted by Crippen LogP contribution is 2.33. The Morgan fingerprint density at radius 2 is 1.90 bits per heavy atom. The van der Waals surface area contributed by atoms with Gasteiger partial charge in [-0.15, -0.1) is 0 Å². The molecule has 0 unspecified atom stereocenters. The summed E-state index contributed by atoms with van der Waals surface area (Å²) in [6.45, 7) is -0.844. The maximum atomic E-state index is 12.3. The van der Waals surface area contributed by atoms with Crippen molar-refractivity contribution in [3.8, 4) is 0 Å². The summed E-state index contributed by atoms with van der Waals surface area (Å²) in [4.78, 5) is 12.2. The number of alkyl halides is 2. The Morgan fingerprint density at radius 3 is 2.35 bits per heavy atom. The number of halogens is 5. The minimum absolute atomic E-state index is 0.162. The number of amides is 1. The number of carbonyl (C=O) groups excluding carboxylic acids is 1. The van der Waals surface area contributed by atoms with Crippen molar-refractivity contribution in [1.29, 1.82) is 0 Å². The number of carbonyl (C=O) groups is 1. The highest BCUT2D eigenvalue weighted by atomic mass is 35.7. The second-order valence-electron chi connectivity index (χ2n) is 3.75. The average Bonchev–Trinajstić information content (AvgIpc) is 2.25.